The Morgan fingerprint density at radius 2 is 1.90 bits per heavy atom. The second kappa shape index (κ2) is 6.77. The van der Waals surface area contributed by atoms with E-state index >= 15 is 0 Å². The molecule has 0 bridgehead atoms. The molecule has 2 saturated carbocycles. The van der Waals surface area contributed by atoms with E-state index in [9.17, 15) is 0 Å². The van der Waals surface area contributed by atoms with Crippen molar-refractivity contribution in [3.63, 3.8) is 0 Å². The van der Waals surface area contributed by atoms with Crippen molar-refractivity contribution < 1.29 is 9.15 Å². The highest BCUT2D eigenvalue weighted by atomic mass is 16.5. The molecule has 2 aliphatic carbocycles. The van der Waals surface area contributed by atoms with Gasteiger partial charge in [-0.2, -0.15) is 0 Å². The van der Waals surface area contributed by atoms with E-state index in [1.807, 2.05) is 0 Å². The van der Waals surface area contributed by atoms with Crippen LogP contribution in [0.4, 0.5) is 0 Å². The van der Waals surface area contributed by atoms with Crippen LogP contribution in [0.15, 0.2) is 10.5 Å². The van der Waals surface area contributed by atoms with Crippen molar-refractivity contribution in [2.45, 2.75) is 83.6 Å². The standard InChI is InChI=1S/C17H27NO2/c1-13-14(11-18-15-8-9-15)10-17(20-13)12-19-16-6-4-2-3-5-7-16/h10,15-16,18H,2-9,11-12H2,1H3. The van der Waals surface area contributed by atoms with Crippen LogP contribution in [-0.4, -0.2) is 12.1 Å². The van der Waals surface area contributed by atoms with Gasteiger partial charge < -0.3 is 14.5 Å². The van der Waals surface area contributed by atoms with Crippen molar-refractivity contribution in [2.24, 2.45) is 0 Å². The van der Waals surface area contributed by atoms with E-state index in [0.29, 0.717) is 12.7 Å². The predicted octanol–water partition coefficient (Wildman–Crippen LogP) is 4.08. The minimum atomic E-state index is 0.441. The summed E-state index contributed by atoms with van der Waals surface area (Å²) in [5.74, 6) is 2.02. The number of ether oxygens (including phenoxy) is 1. The second-order valence-electron chi connectivity index (χ2n) is 6.37. The lowest BCUT2D eigenvalue weighted by Crippen LogP contribution is -2.15. The molecule has 1 heterocycles. The van der Waals surface area contributed by atoms with Gasteiger partial charge in [-0.25, -0.2) is 0 Å². The molecule has 0 aromatic carbocycles. The predicted molar refractivity (Wildman–Crippen MR) is 79.6 cm³/mol. The number of rotatable bonds is 6. The Labute approximate surface area is 122 Å². The van der Waals surface area contributed by atoms with E-state index in [2.05, 4.69) is 18.3 Å². The maximum Gasteiger partial charge on any atom is 0.130 e. The number of aryl methyl sites for hydroxylation is 1. The number of furan rings is 1. The minimum absolute atomic E-state index is 0.441. The molecule has 3 rings (SSSR count). The molecule has 0 aliphatic heterocycles. The molecule has 20 heavy (non-hydrogen) atoms. The van der Waals surface area contributed by atoms with Gasteiger partial charge in [0.05, 0.1) is 6.10 Å². The third-order valence-corrected chi connectivity index (χ3v) is 4.49. The van der Waals surface area contributed by atoms with Gasteiger partial charge in [-0.3, -0.25) is 0 Å². The molecule has 3 nitrogen and oxygen atoms in total. The maximum atomic E-state index is 6.04. The quantitative estimate of drug-likeness (QED) is 0.796. The van der Waals surface area contributed by atoms with E-state index in [1.54, 1.807) is 0 Å². The van der Waals surface area contributed by atoms with Crippen LogP contribution in [0, 0.1) is 6.92 Å². The maximum absolute atomic E-state index is 6.04. The van der Waals surface area contributed by atoms with Crippen molar-refractivity contribution in [1.29, 1.82) is 0 Å². The first-order chi connectivity index (χ1) is 9.81. The Balaban J connectivity index is 1.47. The van der Waals surface area contributed by atoms with E-state index in [1.165, 1.54) is 56.9 Å². The molecule has 1 N–H and O–H groups in total. The van der Waals surface area contributed by atoms with Gasteiger partial charge in [0, 0.05) is 18.2 Å². The fourth-order valence-electron chi connectivity index (χ4n) is 2.98. The average molecular weight is 277 g/mol. The van der Waals surface area contributed by atoms with Crippen LogP contribution in [-0.2, 0) is 17.9 Å². The third-order valence-electron chi connectivity index (χ3n) is 4.49. The molecule has 1 aromatic heterocycles. The third kappa shape index (κ3) is 4.10. The smallest absolute Gasteiger partial charge is 0.130 e. The van der Waals surface area contributed by atoms with E-state index < -0.39 is 0 Å². The summed E-state index contributed by atoms with van der Waals surface area (Å²) in [5.41, 5.74) is 1.29. The molecule has 0 amide bonds. The van der Waals surface area contributed by atoms with Crippen LogP contribution < -0.4 is 5.32 Å². The zero-order chi connectivity index (χ0) is 13.8. The Morgan fingerprint density at radius 1 is 1.15 bits per heavy atom. The summed E-state index contributed by atoms with van der Waals surface area (Å²) in [7, 11) is 0. The van der Waals surface area contributed by atoms with Crippen LogP contribution in [0.3, 0.4) is 0 Å². The van der Waals surface area contributed by atoms with E-state index in [0.717, 1.165) is 24.1 Å². The molecule has 0 radical (unpaired) electrons. The monoisotopic (exact) mass is 277 g/mol. The molecule has 2 aliphatic rings. The van der Waals surface area contributed by atoms with Crippen LogP contribution in [0.5, 0.6) is 0 Å². The van der Waals surface area contributed by atoms with Gasteiger partial charge in [0.1, 0.15) is 18.1 Å². The summed E-state index contributed by atoms with van der Waals surface area (Å²) in [5, 5.41) is 3.54. The van der Waals surface area contributed by atoms with Gasteiger partial charge in [0.2, 0.25) is 0 Å². The van der Waals surface area contributed by atoms with Gasteiger partial charge in [0.25, 0.3) is 0 Å². The number of nitrogens with one attached hydrogen (secondary N) is 1. The molecule has 0 unspecified atom stereocenters. The average Bonchev–Trinajstić information content (AvgIpc) is 3.23. The molecular formula is C17H27NO2. The van der Waals surface area contributed by atoms with Crippen molar-refractivity contribution >= 4 is 0 Å². The molecule has 0 spiro atoms. The lowest BCUT2D eigenvalue weighted by Gasteiger charge is -2.13. The second-order valence-corrected chi connectivity index (χ2v) is 6.37. The number of hydrogen-bond donors (Lipinski definition) is 1. The van der Waals surface area contributed by atoms with Gasteiger partial charge in [-0.05, 0) is 38.7 Å². The van der Waals surface area contributed by atoms with Crippen molar-refractivity contribution in [3.05, 3.63) is 23.2 Å². The summed E-state index contributed by atoms with van der Waals surface area (Å²) >= 11 is 0. The molecule has 0 saturated heterocycles. The minimum Gasteiger partial charge on any atom is -0.464 e. The van der Waals surface area contributed by atoms with E-state index in [-0.39, 0.29) is 0 Å². The van der Waals surface area contributed by atoms with Gasteiger partial charge in [-0.15, -0.1) is 0 Å². The zero-order valence-electron chi connectivity index (χ0n) is 12.6. The summed E-state index contributed by atoms with van der Waals surface area (Å²) in [4.78, 5) is 0. The SMILES string of the molecule is Cc1oc(COC2CCCCCC2)cc1CNC1CC1. The zero-order valence-corrected chi connectivity index (χ0v) is 12.6. The molecule has 1 aromatic rings. The Morgan fingerprint density at radius 3 is 2.60 bits per heavy atom. The highest BCUT2D eigenvalue weighted by Gasteiger charge is 2.21. The van der Waals surface area contributed by atoms with Crippen LogP contribution >= 0.6 is 0 Å². The van der Waals surface area contributed by atoms with Crippen LogP contribution in [0.25, 0.3) is 0 Å². The Bertz CT molecular complexity index is 415. The highest BCUT2D eigenvalue weighted by Crippen LogP contribution is 2.23. The topological polar surface area (TPSA) is 34.4 Å². The van der Waals surface area contributed by atoms with Crippen LogP contribution in [0.2, 0.25) is 0 Å². The largest absolute Gasteiger partial charge is 0.464 e. The molecule has 3 heteroatoms. The fourth-order valence-corrected chi connectivity index (χ4v) is 2.98. The normalized spacial score (nSPS) is 21.1. The van der Waals surface area contributed by atoms with Crippen LogP contribution in [0.1, 0.15) is 68.5 Å². The molecular weight excluding hydrogens is 250 g/mol. The Hall–Kier alpha value is -0.800. The highest BCUT2D eigenvalue weighted by molar-refractivity contribution is 5.20. The molecule has 2 fully saturated rings. The summed E-state index contributed by atoms with van der Waals surface area (Å²) in [6.07, 6.45) is 10.9. The van der Waals surface area contributed by atoms with Crippen molar-refractivity contribution in [3.8, 4) is 0 Å². The molecule has 112 valence electrons. The molecule has 0 atom stereocenters. The fraction of sp³-hybridized carbons (Fsp3) is 0.765. The first-order valence-corrected chi connectivity index (χ1v) is 8.24. The summed E-state index contributed by atoms with van der Waals surface area (Å²) in [6, 6.07) is 2.91. The van der Waals surface area contributed by atoms with Gasteiger partial charge in [-0.1, -0.05) is 25.7 Å². The summed E-state index contributed by atoms with van der Waals surface area (Å²) < 4.78 is 11.9. The lowest BCUT2D eigenvalue weighted by molar-refractivity contribution is 0.0216. The summed E-state index contributed by atoms with van der Waals surface area (Å²) in [6.45, 7) is 3.62. The van der Waals surface area contributed by atoms with Crippen molar-refractivity contribution in [1.82, 2.24) is 5.32 Å². The Kier molecular flexibility index (Phi) is 4.79. The lowest BCUT2D eigenvalue weighted by atomic mass is 10.1. The van der Waals surface area contributed by atoms with Gasteiger partial charge >= 0.3 is 0 Å². The number of hydrogen-bond acceptors (Lipinski definition) is 3. The first kappa shape index (κ1) is 14.2. The van der Waals surface area contributed by atoms with E-state index in [4.69, 9.17) is 9.15 Å². The van der Waals surface area contributed by atoms with Crippen molar-refractivity contribution in [2.75, 3.05) is 0 Å². The van der Waals surface area contributed by atoms with Gasteiger partial charge in [0.15, 0.2) is 0 Å². The first-order valence-electron chi connectivity index (χ1n) is 8.24.